The van der Waals surface area contributed by atoms with E-state index >= 15 is 0 Å². The van der Waals surface area contributed by atoms with Crippen LogP contribution in [0.4, 0.5) is 5.69 Å². The maximum absolute atomic E-state index is 13.3. The van der Waals surface area contributed by atoms with Crippen molar-refractivity contribution in [1.29, 1.82) is 0 Å². The van der Waals surface area contributed by atoms with Gasteiger partial charge in [-0.25, -0.2) is 0 Å². The van der Waals surface area contributed by atoms with Crippen molar-refractivity contribution in [3.63, 3.8) is 0 Å². The minimum absolute atomic E-state index is 0.107. The molecule has 5 aliphatic rings. The molecule has 0 saturated heterocycles. The molecule has 0 spiro atoms. The molecule has 0 radical (unpaired) electrons. The first-order chi connectivity index (χ1) is 15.3. The SMILES string of the molecule is O=C1c2ccccc2C(=O)N1CCn1cc(NC(=O)C23C[C@@H]4C[C@@H](CC(Br)(C4)C2)C3)cn1. The average molecular weight is 497 g/mol. The summed E-state index contributed by atoms with van der Waals surface area (Å²) < 4.78 is 1.80. The third-order valence-electron chi connectivity index (χ3n) is 7.79. The summed E-state index contributed by atoms with van der Waals surface area (Å²) in [6, 6.07) is 6.88. The van der Waals surface area contributed by atoms with Crippen molar-refractivity contribution in [1.82, 2.24) is 14.7 Å². The fourth-order valence-electron chi connectivity index (χ4n) is 6.88. The van der Waals surface area contributed by atoms with Gasteiger partial charge in [-0.15, -0.1) is 0 Å². The number of nitrogens with one attached hydrogen (secondary N) is 1. The van der Waals surface area contributed by atoms with E-state index in [2.05, 4.69) is 26.3 Å². The minimum Gasteiger partial charge on any atom is -0.323 e. The number of fused-ring (bicyclic) bond motifs is 1. The Hall–Kier alpha value is -2.48. The number of benzene rings is 1. The Kier molecular flexibility index (Phi) is 4.41. The second kappa shape index (κ2) is 7.01. The highest BCUT2D eigenvalue weighted by Crippen LogP contribution is 2.64. The molecule has 166 valence electrons. The van der Waals surface area contributed by atoms with Crippen molar-refractivity contribution >= 4 is 39.3 Å². The predicted octanol–water partition coefficient (Wildman–Crippen LogP) is 3.85. The molecule has 4 saturated carbocycles. The maximum atomic E-state index is 13.3. The number of hydrogen-bond acceptors (Lipinski definition) is 4. The van der Waals surface area contributed by atoms with Gasteiger partial charge in [0.15, 0.2) is 0 Å². The van der Waals surface area contributed by atoms with Gasteiger partial charge in [0.2, 0.25) is 5.91 Å². The highest BCUT2D eigenvalue weighted by atomic mass is 79.9. The predicted molar refractivity (Wildman–Crippen MR) is 121 cm³/mol. The molecule has 8 heteroatoms. The monoisotopic (exact) mass is 496 g/mol. The molecule has 1 aliphatic heterocycles. The van der Waals surface area contributed by atoms with Crippen LogP contribution in [0, 0.1) is 17.3 Å². The molecular formula is C24H25BrN4O3. The van der Waals surface area contributed by atoms with E-state index in [1.807, 2.05) is 0 Å². The average Bonchev–Trinajstić information content (AvgIpc) is 3.28. The summed E-state index contributed by atoms with van der Waals surface area (Å²) >= 11 is 3.97. The number of alkyl halides is 1. The number of anilines is 1. The largest absolute Gasteiger partial charge is 0.323 e. The van der Waals surface area contributed by atoms with Crippen LogP contribution in [-0.4, -0.2) is 43.3 Å². The summed E-state index contributed by atoms with van der Waals surface area (Å²) in [5, 5.41) is 7.44. The normalized spacial score (nSPS) is 32.5. The van der Waals surface area contributed by atoms with Gasteiger partial charge in [0.05, 0.1) is 35.0 Å². The fourth-order valence-corrected chi connectivity index (χ4v) is 8.33. The molecule has 2 heterocycles. The molecule has 7 rings (SSSR count). The Morgan fingerprint density at radius 2 is 1.72 bits per heavy atom. The van der Waals surface area contributed by atoms with Crippen molar-refractivity contribution < 1.29 is 14.4 Å². The fraction of sp³-hybridized carbons (Fsp3) is 0.500. The van der Waals surface area contributed by atoms with Gasteiger partial charge in [0.1, 0.15) is 0 Å². The number of amides is 3. The van der Waals surface area contributed by atoms with Crippen molar-refractivity contribution in [3.8, 4) is 0 Å². The summed E-state index contributed by atoms with van der Waals surface area (Å²) in [6.45, 7) is 0.613. The molecule has 4 bridgehead atoms. The van der Waals surface area contributed by atoms with Gasteiger partial charge in [-0.3, -0.25) is 24.0 Å². The molecule has 32 heavy (non-hydrogen) atoms. The standard InChI is InChI=1S/C24H25BrN4O3/c25-24-10-15-7-16(11-24)9-23(8-15,14-24)22(32)27-17-12-26-28(13-17)5-6-29-20(30)18-3-1-2-4-19(18)21(29)31/h1-4,12-13,15-16H,5-11,14H2,(H,27,32)/t15-,16+,23?,24?. The van der Waals surface area contributed by atoms with Gasteiger partial charge in [-0.2, -0.15) is 5.10 Å². The highest BCUT2D eigenvalue weighted by molar-refractivity contribution is 9.10. The lowest BCUT2D eigenvalue weighted by Gasteiger charge is -2.59. The number of nitrogens with zero attached hydrogens (tertiary/aromatic N) is 3. The lowest BCUT2D eigenvalue weighted by molar-refractivity contribution is -0.138. The minimum atomic E-state index is -0.282. The molecular weight excluding hydrogens is 472 g/mol. The van der Waals surface area contributed by atoms with E-state index in [9.17, 15) is 14.4 Å². The summed E-state index contributed by atoms with van der Waals surface area (Å²) in [5.41, 5.74) is 1.28. The lowest BCUT2D eigenvalue weighted by atomic mass is 9.49. The summed E-state index contributed by atoms with van der Waals surface area (Å²) in [5.74, 6) is 0.858. The number of carbonyl (C=O) groups excluding carboxylic acids is 3. The third kappa shape index (κ3) is 3.14. The van der Waals surface area contributed by atoms with E-state index in [1.165, 1.54) is 24.2 Å². The summed E-state index contributed by atoms with van der Waals surface area (Å²) in [7, 11) is 0. The quantitative estimate of drug-likeness (QED) is 0.503. The second-order valence-electron chi connectivity index (χ2n) is 10.1. The molecule has 4 atom stereocenters. The number of halogens is 1. The molecule has 4 fully saturated rings. The Morgan fingerprint density at radius 3 is 2.34 bits per heavy atom. The van der Waals surface area contributed by atoms with Crippen LogP contribution in [0.15, 0.2) is 36.7 Å². The van der Waals surface area contributed by atoms with Crippen LogP contribution in [0.3, 0.4) is 0 Å². The van der Waals surface area contributed by atoms with Crippen LogP contribution >= 0.6 is 15.9 Å². The van der Waals surface area contributed by atoms with Crippen LogP contribution in [-0.2, 0) is 11.3 Å². The number of rotatable bonds is 5. The highest BCUT2D eigenvalue weighted by Gasteiger charge is 2.59. The molecule has 7 nitrogen and oxygen atoms in total. The number of hydrogen-bond donors (Lipinski definition) is 1. The van der Waals surface area contributed by atoms with Crippen LogP contribution in [0.25, 0.3) is 0 Å². The zero-order chi connectivity index (χ0) is 22.1. The van der Waals surface area contributed by atoms with Crippen LogP contribution in [0.1, 0.15) is 59.2 Å². The molecule has 4 aliphatic carbocycles. The van der Waals surface area contributed by atoms with Crippen molar-refractivity contribution in [2.75, 3.05) is 11.9 Å². The van der Waals surface area contributed by atoms with Gasteiger partial charge in [0.25, 0.3) is 11.8 Å². The first kappa shape index (κ1) is 20.1. The number of aromatic nitrogens is 2. The van der Waals surface area contributed by atoms with Gasteiger partial charge in [-0.1, -0.05) is 28.1 Å². The first-order valence-electron chi connectivity index (χ1n) is 11.3. The van der Waals surface area contributed by atoms with Crippen molar-refractivity contribution in [2.45, 2.75) is 49.4 Å². The zero-order valence-corrected chi connectivity index (χ0v) is 19.3. The van der Waals surface area contributed by atoms with Crippen molar-refractivity contribution in [3.05, 3.63) is 47.8 Å². The maximum Gasteiger partial charge on any atom is 0.261 e. The Balaban J connectivity index is 1.11. The van der Waals surface area contributed by atoms with Gasteiger partial charge in [-0.05, 0) is 62.5 Å². The number of carbonyl (C=O) groups is 3. The molecule has 1 aromatic carbocycles. The Bertz CT molecular complexity index is 1090. The third-order valence-corrected chi connectivity index (χ3v) is 8.72. The Labute approximate surface area is 194 Å². The van der Waals surface area contributed by atoms with E-state index in [-0.39, 0.29) is 34.0 Å². The van der Waals surface area contributed by atoms with Gasteiger partial charge >= 0.3 is 0 Å². The summed E-state index contributed by atoms with van der Waals surface area (Å²) in [6.07, 6.45) is 9.94. The Morgan fingerprint density at radius 1 is 1.06 bits per heavy atom. The van der Waals surface area contributed by atoms with E-state index in [0.717, 1.165) is 19.3 Å². The molecule has 1 N–H and O–H groups in total. The van der Waals surface area contributed by atoms with Gasteiger partial charge in [0, 0.05) is 17.1 Å². The van der Waals surface area contributed by atoms with Crippen LogP contribution in [0.2, 0.25) is 0 Å². The second-order valence-corrected chi connectivity index (χ2v) is 11.8. The lowest BCUT2D eigenvalue weighted by Crippen LogP contribution is -2.57. The van der Waals surface area contributed by atoms with Crippen LogP contribution in [0.5, 0.6) is 0 Å². The topological polar surface area (TPSA) is 84.3 Å². The van der Waals surface area contributed by atoms with E-state index in [4.69, 9.17) is 0 Å². The summed E-state index contributed by atoms with van der Waals surface area (Å²) in [4.78, 5) is 39.6. The number of imide groups is 1. The molecule has 2 unspecified atom stereocenters. The van der Waals surface area contributed by atoms with E-state index in [1.54, 1.807) is 41.3 Å². The van der Waals surface area contributed by atoms with Gasteiger partial charge < -0.3 is 5.32 Å². The zero-order valence-electron chi connectivity index (χ0n) is 17.7. The van der Waals surface area contributed by atoms with Crippen molar-refractivity contribution in [2.24, 2.45) is 17.3 Å². The van der Waals surface area contributed by atoms with E-state index < -0.39 is 0 Å². The first-order valence-corrected chi connectivity index (χ1v) is 12.1. The molecule has 2 aromatic rings. The molecule has 3 amide bonds. The smallest absolute Gasteiger partial charge is 0.261 e. The molecule has 1 aromatic heterocycles. The van der Waals surface area contributed by atoms with E-state index in [0.29, 0.717) is 35.2 Å². The van der Waals surface area contributed by atoms with Crippen LogP contribution < -0.4 is 5.32 Å².